The first kappa shape index (κ1) is 16.7. The predicted molar refractivity (Wildman–Crippen MR) is 103 cm³/mol. The number of urea groups is 1. The molecule has 1 aliphatic heterocycles. The molecule has 1 aromatic heterocycles. The number of H-pyrrole nitrogens is 1. The normalized spacial score (nSPS) is 13.4. The van der Waals surface area contributed by atoms with Crippen LogP contribution in [-0.2, 0) is 13.0 Å². The van der Waals surface area contributed by atoms with Crippen LogP contribution in [0.25, 0.3) is 11.3 Å². The van der Waals surface area contributed by atoms with Crippen molar-refractivity contribution >= 4 is 23.3 Å². The maximum absolute atomic E-state index is 12.8. The zero-order valence-corrected chi connectivity index (χ0v) is 15.2. The van der Waals surface area contributed by atoms with Gasteiger partial charge in [0.05, 0.1) is 12.2 Å². The molecule has 2 heterocycles. The second kappa shape index (κ2) is 6.84. The molecule has 5 nitrogen and oxygen atoms in total. The fraction of sp³-hybridized carbons (Fsp3) is 0.200. The number of nitrogens with one attached hydrogen (secondary N) is 2. The van der Waals surface area contributed by atoms with Crippen LogP contribution >= 0.6 is 11.6 Å². The van der Waals surface area contributed by atoms with E-state index in [2.05, 4.69) is 15.5 Å². The molecule has 0 saturated heterocycles. The zero-order chi connectivity index (χ0) is 18.1. The lowest BCUT2D eigenvalue weighted by Gasteiger charge is -2.27. The van der Waals surface area contributed by atoms with Crippen LogP contribution in [0.5, 0.6) is 0 Å². The fourth-order valence-corrected chi connectivity index (χ4v) is 3.41. The lowest BCUT2D eigenvalue weighted by atomic mass is 10.0. The number of aromatic amines is 1. The third-order valence-electron chi connectivity index (χ3n) is 4.78. The van der Waals surface area contributed by atoms with E-state index in [1.807, 2.05) is 60.4 Å². The van der Waals surface area contributed by atoms with E-state index in [0.717, 1.165) is 40.2 Å². The summed E-state index contributed by atoms with van der Waals surface area (Å²) < 4.78 is 0. The standard InChI is InChI=1S/C20H19ClN4O/c1-13-16(21)8-5-9-17(13)22-20(26)25-11-10-18-15(12-25)19(24-23-18)14-6-3-2-4-7-14/h2-9H,10-12H2,1H3,(H,22,26)(H,23,24). The van der Waals surface area contributed by atoms with Gasteiger partial charge < -0.3 is 10.2 Å². The number of hydrogen-bond acceptors (Lipinski definition) is 2. The lowest BCUT2D eigenvalue weighted by Crippen LogP contribution is -2.39. The van der Waals surface area contributed by atoms with Crippen LogP contribution in [0.15, 0.2) is 48.5 Å². The van der Waals surface area contributed by atoms with Crippen molar-refractivity contribution in [2.45, 2.75) is 19.9 Å². The Morgan fingerprint density at radius 1 is 1.19 bits per heavy atom. The van der Waals surface area contributed by atoms with Crippen molar-refractivity contribution in [1.82, 2.24) is 15.1 Å². The largest absolute Gasteiger partial charge is 0.322 e. The number of amides is 2. The number of benzene rings is 2. The third kappa shape index (κ3) is 3.06. The first-order valence-electron chi connectivity index (χ1n) is 8.56. The van der Waals surface area contributed by atoms with Crippen molar-refractivity contribution in [1.29, 1.82) is 0 Å². The Kier molecular flexibility index (Phi) is 4.39. The average Bonchev–Trinajstić information content (AvgIpc) is 3.09. The molecule has 0 bridgehead atoms. The van der Waals surface area contributed by atoms with Gasteiger partial charge in [0.25, 0.3) is 0 Å². The van der Waals surface area contributed by atoms with Crippen LogP contribution in [-0.4, -0.2) is 27.7 Å². The summed E-state index contributed by atoms with van der Waals surface area (Å²) in [6.45, 7) is 3.08. The van der Waals surface area contributed by atoms with Gasteiger partial charge in [-0.15, -0.1) is 0 Å². The van der Waals surface area contributed by atoms with Gasteiger partial charge >= 0.3 is 6.03 Å². The number of halogens is 1. The van der Waals surface area contributed by atoms with E-state index in [0.29, 0.717) is 18.1 Å². The molecule has 0 spiro atoms. The first-order chi connectivity index (χ1) is 12.6. The van der Waals surface area contributed by atoms with Crippen molar-refractivity contribution in [3.05, 3.63) is 70.4 Å². The quantitative estimate of drug-likeness (QED) is 0.694. The van der Waals surface area contributed by atoms with Gasteiger partial charge in [0.1, 0.15) is 0 Å². The SMILES string of the molecule is Cc1c(Cl)cccc1NC(=O)N1CCc2[nH]nc(-c3ccccc3)c2C1. The molecule has 0 aliphatic carbocycles. The number of aromatic nitrogens is 2. The van der Waals surface area contributed by atoms with Crippen LogP contribution < -0.4 is 5.32 Å². The van der Waals surface area contributed by atoms with Gasteiger partial charge in [-0.2, -0.15) is 5.10 Å². The molecule has 0 radical (unpaired) electrons. The van der Waals surface area contributed by atoms with Gasteiger partial charge in [-0.3, -0.25) is 5.10 Å². The van der Waals surface area contributed by atoms with E-state index < -0.39 is 0 Å². The van der Waals surface area contributed by atoms with Gasteiger partial charge in [-0.25, -0.2) is 4.79 Å². The molecule has 2 aromatic carbocycles. The molecule has 2 amide bonds. The summed E-state index contributed by atoms with van der Waals surface area (Å²) in [5.74, 6) is 0. The van der Waals surface area contributed by atoms with Gasteiger partial charge in [-0.1, -0.05) is 48.0 Å². The Morgan fingerprint density at radius 2 is 2.00 bits per heavy atom. The minimum absolute atomic E-state index is 0.124. The van der Waals surface area contributed by atoms with Crippen molar-refractivity contribution < 1.29 is 4.79 Å². The Balaban J connectivity index is 1.56. The summed E-state index contributed by atoms with van der Waals surface area (Å²) in [4.78, 5) is 14.6. The maximum Gasteiger partial charge on any atom is 0.322 e. The second-order valence-corrected chi connectivity index (χ2v) is 6.82. The van der Waals surface area contributed by atoms with Crippen molar-refractivity contribution in [2.24, 2.45) is 0 Å². The fourth-order valence-electron chi connectivity index (χ4n) is 3.24. The summed E-state index contributed by atoms with van der Waals surface area (Å²) in [6, 6.07) is 15.4. The third-order valence-corrected chi connectivity index (χ3v) is 5.19. The van der Waals surface area contributed by atoms with Crippen LogP contribution in [0.4, 0.5) is 10.5 Å². The highest BCUT2D eigenvalue weighted by Crippen LogP contribution is 2.29. The highest BCUT2D eigenvalue weighted by molar-refractivity contribution is 6.31. The molecule has 6 heteroatoms. The summed E-state index contributed by atoms with van der Waals surface area (Å²) in [6.07, 6.45) is 0.761. The average molecular weight is 367 g/mol. The van der Waals surface area contributed by atoms with Gasteiger partial charge in [0.2, 0.25) is 0 Å². The lowest BCUT2D eigenvalue weighted by molar-refractivity contribution is 0.206. The Morgan fingerprint density at radius 3 is 2.81 bits per heavy atom. The highest BCUT2D eigenvalue weighted by atomic mass is 35.5. The number of anilines is 1. The molecule has 26 heavy (non-hydrogen) atoms. The smallest absolute Gasteiger partial charge is 0.320 e. The van der Waals surface area contributed by atoms with E-state index in [1.54, 1.807) is 0 Å². The number of carbonyl (C=O) groups is 1. The molecule has 0 saturated carbocycles. The molecule has 132 valence electrons. The van der Waals surface area contributed by atoms with E-state index in [9.17, 15) is 4.79 Å². The predicted octanol–water partition coefficient (Wildman–Crippen LogP) is 4.63. The van der Waals surface area contributed by atoms with Crippen molar-refractivity contribution in [2.75, 3.05) is 11.9 Å². The Bertz CT molecular complexity index is 952. The second-order valence-electron chi connectivity index (χ2n) is 6.41. The van der Waals surface area contributed by atoms with Crippen LogP contribution in [0.1, 0.15) is 16.8 Å². The summed E-state index contributed by atoms with van der Waals surface area (Å²) in [5.41, 5.74) is 5.76. The number of rotatable bonds is 2. The van der Waals surface area contributed by atoms with Crippen LogP contribution in [0.2, 0.25) is 5.02 Å². The maximum atomic E-state index is 12.8. The Labute approximate surface area is 157 Å². The van der Waals surface area contributed by atoms with E-state index >= 15 is 0 Å². The number of nitrogens with zero attached hydrogens (tertiary/aromatic N) is 2. The molecule has 2 N–H and O–H groups in total. The molecule has 1 aliphatic rings. The number of fused-ring (bicyclic) bond motifs is 1. The minimum Gasteiger partial charge on any atom is -0.320 e. The summed E-state index contributed by atoms with van der Waals surface area (Å²) in [7, 11) is 0. The molecule has 0 fully saturated rings. The number of hydrogen-bond donors (Lipinski definition) is 2. The van der Waals surface area contributed by atoms with Gasteiger partial charge in [0, 0.05) is 40.5 Å². The molecule has 3 aromatic rings. The molecule has 0 unspecified atom stereocenters. The number of carbonyl (C=O) groups excluding carboxylic acids is 1. The van der Waals surface area contributed by atoms with Crippen molar-refractivity contribution in [3.63, 3.8) is 0 Å². The zero-order valence-electron chi connectivity index (χ0n) is 14.4. The van der Waals surface area contributed by atoms with Gasteiger partial charge in [0.15, 0.2) is 0 Å². The van der Waals surface area contributed by atoms with Crippen LogP contribution in [0.3, 0.4) is 0 Å². The highest BCUT2D eigenvalue weighted by Gasteiger charge is 2.26. The van der Waals surface area contributed by atoms with Gasteiger partial charge in [-0.05, 0) is 24.6 Å². The Hall–Kier alpha value is -2.79. The van der Waals surface area contributed by atoms with Crippen LogP contribution in [0, 0.1) is 6.92 Å². The molecule has 0 atom stereocenters. The monoisotopic (exact) mass is 366 g/mol. The van der Waals surface area contributed by atoms with Crippen molar-refractivity contribution in [3.8, 4) is 11.3 Å². The van der Waals surface area contributed by atoms with E-state index in [4.69, 9.17) is 11.6 Å². The van der Waals surface area contributed by atoms with E-state index in [1.165, 1.54) is 0 Å². The molecular weight excluding hydrogens is 348 g/mol. The summed E-state index contributed by atoms with van der Waals surface area (Å²) >= 11 is 6.15. The molecular formula is C20H19ClN4O. The molecule has 4 rings (SSSR count). The first-order valence-corrected chi connectivity index (χ1v) is 8.94. The topological polar surface area (TPSA) is 61.0 Å². The van der Waals surface area contributed by atoms with E-state index in [-0.39, 0.29) is 6.03 Å². The summed E-state index contributed by atoms with van der Waals surface area (Å²) in [5, 5.41) is 11.2. The minimum atomic E-state index is -0.124.